The van der Waals surface area contributed by atoms with Crippen molar-refractivity contribution in [1.29, 1.82) is 0 Å². The summed E-state index contributed by atoms with van der Waals surface area (Å²) in [6, 6.07) is 4.19. The van der Waals surface area contributed by atoms with Crippen LogP contribution in [0.1, 0.15) is 22.3 Å². The molecule has 5 heteroatoms. The summed E-state index contributed by atoms with van der Waals surface area (Å²) in [6.07, 6.45) is 1.20. The maximum absolute atomic E-state index is 11.6. The molecule has 0 fully saturated rings. The summed E-state index contributed by atoms with van der Waals surface area (Å²) in [7, 11) is -3.18. The van der Waals surface area contributed by atoms with Crippen molar-refractivity contribution >= 4 is 15.8 Å². The average molecular weight is 226 g/mol. The fourth-order valence-electron chi connectivity index (χ4n) is 1.77. The van der Waals surface area contributed by atoms with Crippen molar-refractivity contribution in [1.82, 2.24) is 0 Å². The molecule has 0 saturated carbocycles. The first kappa shape index (κ1) is 10.2. The number of hydrogen-bond donors (Lipinski definition) is 1. The molecule has 0 amide bonds. The molecule has 80 valence electrons. The average Bonchev–Trinajstić information content (AvgIpc) is 2.16. The van der Waals surface area contributed by atoms with E-state index in [0.29, 0.717) is 23.3 Å². The quantitative estimate of drug-likeness (QED) is 0.778. The molecule has 0 bridgehead atoms. The van der Waals surface area contributed by atoms with Crippen LogP contribution in [0.2, 0.25) is 0 Å². The lowest BCUT2D eigenvalue weighted by atomic mass is 10.1. The number of aromatic carboxylic acids is 1. The van der Waals surface area contributed by atoms with E-state index >= 15 is 0 Å². The van der Waals surface area contributed by atoms with Gasteiger partial charge in [-0.2, -0.15) is 0 Å². The molecule has 15 heavy (non-hydrogen) atoms. The molecule has 0 aliphatic carbocycles. The summed E-state index contributed by atoms with van der Waals surface area (Å²) >= 11 is 0. The molecule has 2 rings (SSSR count). The molecule has 0 aromatic heterocycles. The maximum Gasteiger partial charge on any atom is 0.335 e. The molecule has 4 nitrogen and oxygen atoms in total. The number of aryl methyl sites for hydroxylation is 1. The molecule has 1 aliphatic heterocycles. The molecule has 1 aromatic rings. The van der Waals surface area contributed by atoms with Crippen LogP contribution >= 0.6 is 0 Å². The van der Waals surface area contributed by atoms with Gasteiger partial charge in [0.2, 0.25) is 0 Å². The highest BCUT2D eigenvalue weighted by atomic mass is 32.2. The van der Waals surface area contributed by atoms with E-state index in [1.807, 2.05) is 0 Å². The molecule has 1 aliphatic rings. The molecule has 1 aromatic carbocycles. The molecule has 1 N–H and O–H groups in total. The topological polar surface area (TPSA) is 71.4 Å². The van der Waals surface area contributed by atoms with Crippen molar-refractivity contribution < 1.29 is 18.3 Å². The predicted octanol–water partition coefficient (Wildman–Crippen LogP) is 1.10. The maximum atomic E-state index is 11.6. The van der Waals surface area contributed by atoms with Crippen LogP contribution in [0.4, 0.5) is 0 Å². The number of fused-ring (bicyclic) bond motifs is 1. The van der Waals surface area contributed by atoms with Crippen molar-refractivity contribution in [2.45, 2.75) is 17.7 Å². The van der Waals surface area contributed by atoms with Crippen molar-refractivity contribution in [3.63, 3.8) is 0 Å². The van der Waals surface area contributed by atoms with E-state index in [-0.39, 0.29) is 11.3 Å². The first-order chi connectivity index (χ1) is 7.00. The van der Waals surface area contributed by atoms with Gasteiger partial charge in [-0.1, -0.05) is 0 Å². The Morgan fingerprint density at radius 1 is 1.33 bits per heavy atom. The highest BCUT2D eigenvalue weighted by molar-refractivity contribution is 7.91. The van der Waals surface area contributed by atoms with Gasteiger partial charge in [-0.05, 0) is 36.6 Å². The van der Waals surface area contributed by atoms with E-state index in [4.69, 9.17) is 5.11 Å². The number of carboxylic acid groups (broad SMARTS) is 1. The zero-order valence-electron chi connectivity index (χ0n) is 7.93. The number of carboxylic acids is 1. The number of carbonyl (C=O) groups is 1. The monoisotopic (exact) mass is 226 g/mol. The zero-order chi connectivity index (χ0) is 11.1. The van der Waals surface area contributed by atoms with E-state index in [1.54, 1.807) is 0 Å². The molecule has 0 radical (unpaired) electrons. The third kappa shape index (κ3) is 1.74. The summed E-state index contributed by atoms with van der Waals surface area (Å²) in [4.78, 5) is 11.0. The summed E-state index contributed by atoms with van der Waals surface area (Å²) in [5.74, 6) is -0.868. The lowest BCUT2D eigenvalue weighted by Gasteiger charge is -2.16. The van der Waals surface area contributed by atoms with Crippen LogP contribution in [-0.4, -0.2) is 25.2 Å². The Kier molecular flexibility index (Phi) is 2.26. The molecule has 0 saturated heterocycles. The SMILES string of the molecule is O=C(O)c1ccc2c(c1)CCCS2(=O)=O. The Morgan fingerprint density at radius 2 is 2.07 bits per heavy atom. The van der Waals surface area contributed by atoms with E-state index < -0.39 is 15.8 Å². The summed E-state index contributed by atoms with van der Waals surface area (Å²) < 4.78 is 23.2. The van der Waals surface area contributed by atoms with Gasteiger partial charge >= 0.3 is 5.97 Å². The fraction of sp³-hybridized carbons (Fsp3) is 0.300. The second-order valence-electron chi connectivity index (χ2n) is 3.55. The summed E-state index contributed by atoms with van der Waals surface area (Å²) in [5.41, 5.74) is 0.770. The lowest BCUT2D eigenvalue weighted by Crippen LogP contribution is -2.16. The molecule has 0 spiro atoms. The largest absolute Gasteiger partial charge is 0.478 e. The van der Waals surface area contributed by atoms with Gasteiger partial charge in [0.1, 0.15) is 0 Å². The van der Waals surface area contributed by atoms with Crippen LogP contribution in [-0.2, 0) is 16.3 Å². The zero-order valence-corrected chi connectivity index (χ0v) is 8.75. The van der Waals surface area contributed by atoms with Crippen LogP contribution in [0.5, 0.6) is 0 Å². The molecular weight excluding hydrogens is 216 g/mol. The molecular formula is C10H10O4S. The van der Waals surface area contributed by atoms with Gasteiger partial charge in [-0.25, -0.2) is 13.2 Å². The van der Waals surface area contributed by atoms with E-state index in [0.717, 1.165) is 0 Å². The van der Waals surface area contributed by atoms with E-state index in [1.165, 1.54) is 18.2 Å². The lowest BCUT2D eigenvalue weighted by molar-refractivity contribution is 0.0696. The number of rotatable bonds is 1. The van der Waals surface area contributed by atoms with Crippen LogP contribution in [0.25, 0.3) is 0 Å². The van der Waals surface area contributed by atoms with E-state index in [9.17, 15) is 13.2 Å². The van der Waals surface area contributed by atoms with Gasteiger partial charge in [0.05, 0.1) is 16.2 Å². The Hall–Kier alpha value is -1.36. The van der Waals surface area contributed by atoms with Crippen LogP contribution in [0, 0.1) is 0 Å². The Morgan fingerprint density at radius 3 is 2.73 bits per heavy atom. The third-order valence-electron chi connectivity index (χ3n) is 2.50. The van der Waals surface area contributed by atoms with Crippen LogP contribution < -0.4 is 0 Å². The third-order valence-corrected chi connectivity index (χ3v) is 4.40. The van der Waals surface area contributed by atoms with Gasteiger partial charge < -0.3 is 5.11 Å². The van der Waals surface area contributed by atoms with Crippen molar-refractivity contribution in [2.75, 3.05) is 5.75 Å². The molecule has 1 heterocycles. The van der Waals surface area contributed by atoms with Crippen molar-refractivity contribution in [2.24, 2.45) is 0 Å². The van der Waals surface area contributed by atoms with Crippen molar-refractivity contribution in [3.8, 4) is 0 Å². The minimum absolute atomic E-state index is 0.144. The molecule has 0 unspecified atom stereocenters. The van der Waals surface area contributed by atoms with E-state index in [2.05, 4.69) is 0 Å². The van der Waals surface area contributed by atoms with Gasteiger partial charge in [-0.3, -0.25) is 0 Å². The minimum atomic E-state index is -3.18. The Labute approximate surface area is 87.5 Å². The Bertz CT molecular complexity index is 516. The smallest absolute Gasteiger partial charge is 0.335 e. The van der Waals surface area contributed by atoms with Gasteiger partial charge in [0, 0.05) is 0 Å². The number of benzene rings is 1. The molecule has 0 atom stereocenters. The van der Waals surface area contributed by atoms with Crippen LogP contribution in [0.3, 0.4) is 0 Å². The number of hydrogen-bond acceptors (Lipinski definition) is 3. The number of sulfone groups is 1. The van der Waals surface area contributed by atoms with Gasteiger partial charge in [0.15, 0.2) is 9.84 Å². The standard InChI is InChI=1S/C10H10O4S/c11-10(12)8-3-4-9-7(6-8)2-1-5-15(9,13)14/h3-4,6H,1-2,5H2,(H,11,12). The highest BCUT2D eigenvalue weighted by Gasteiger charge is 2.23. The normalized spacial score (nSPS) is 18.1. The van der Waals surface area contributed by atoms with Crippen molar-refractivity contribution in [3.05, 3.63) is 29.3 Å². The fourth-order valence-corrected chi connectivity index (χ4v) is 3.35. The van der Waals surface area contributed by atoms with Gasteiger partial charge in [0.25, 0.3) is 0 Å². The minimum Gasteiger partial charge on any atom is -0.478 e. The van der Waals surface area contributed by atoms with Crippen LogP contribution in [0.15, 0.2) is 23.1 Å². The first-order valence-corrected chi connectivity index (χ1v) is 6.25. The Balaban J connectivity index is 2.60. The summed E-state index contributed by atoms with van der Waals surface area (Å²) in [5, 5.41) is 8.77. The predicted molar refractivity (Wildman–Crippen MR) is 53.8 cm³/mol. The summed E-state index contributed by atoms with van der Waals surface area (Å²) in [6.45, 7) is 0. The second kappa shape index (κ2) is 3.34. The second-order valence-corrected chi connectivity index (χ2v) is 5.63. The first-order valence-electron chi connectivity index (χ1n) is 4.60. The highest BCUT2D eigenvalue weighted by Crippen LogP contribution is 2.25. The van der Waals surface area contributed by atoms with Gasteiger partial charge in [-0.15, -0.1) is 0 Å².